The molecule has 8 nitrogen and oxygen atoms in total. The van der Waals surface area contributed by atoms with E-state index in [0.29, 0.717) is 11.3 Å². The first-order valence-electron chi connectivity index (χ1n) is 7.88. The number of aromatic nitrogens is 3. The summed E-state index contributed by atoms with van der Waals surface area (Å²) in [5.41, 5.74) is -0.290. The second-order valence-electron chi connectivity index (χ2n) is 5.62. The molecule has 0 amide bonds. The van der Waals surface area contributed by atoms with Gasteiger partial charge in [0.2, 0.25) is 0 Å². The van der Waals surface area contributed by atoms with Crippen molar-refractivity contribution in [3.8, 4) is 12.1 Å². The second-order valence-corrected chi connectivity index (χ2v) is 5.62. The summed E-state index contributed by atoms with van der Waals surface area (Å²) in [6, 6.07) is 7.93. The van der Waals surface area contributed by atoms with Gasteiger partial charge in [-0.05, 0) is 18.2 Å². The Morgan fingerprint density at radius 1 is 1.14 bits per heavy atom. The SMILES string of the molecule is N#Cc1cc(Nc2cc(NCCO)c3ncc(C#N)n3n2)cc(C(F)(F)F)c1. The van der Waals surface area contributed by atoms with E-state index in [-0.39, 0.29) is 35.9 Å². The Morgan fingerprint density at radius 3 is 2.57 bits per heavy atom. The number of anilines is 3. The lowest BCUT2D eigenvalue weighted by Gasteiger charge is -2.13. The number of rotatable bonds is 5. The molecule has 0 unspecified atom stereocenters. The minimum absolute atomic E-state index is 0.00459. The van der Waals surface area contributed by atoms with Crippen LogP contribution in [0.4, 0.5) is 30.4 Å². The van der Waals surface area contributed by atoms with Crippen molar-refractivity contribution >= 4 is 22.8 Å². The number of aliphatic hydroxyl groups excluding tert-OH is 1. The fourth-order valence-electron chi connectivity index (χ4n) is 2.50. The molecule has 3 N–H and O–H groups in total. The van der Waals surface area contributed by atoms with Crippen LogP contribution in [0, 0.1) is 22.7 Å². The van der Waals surface area contributed by atoms with Crippen molar-refractivity contribution in [2.24, 2.45) is 0 Å². The molecule has 28 heavy (non-hydrogen) atoms. The first-order valence-corrected chi connectivity index (χ1v) is 7.88. The van der Waals surface area contributed by atoms with Gasteiger partial charge in [-0.25, -0.2) is 4.98 Å². The summed E-state index contributed by atoms with van der Waals surface area (Å²) < 4.78 is 40.4. The van der Waals surface area contributed by atoms with Gasteiger partial charge in [-0.2, -0.15) is 28.2 Å². The van der Waals surface area contributed by atoms with Crippen molar-refractivity contribution in [3.63, 3.8) is 0 Å². The fraction of sp³-hybridized carbons (Fsp3) is 0.176. The van der Waals surface area contributed by atoms with Crippen molar-refractivity contribution in [2.45, 2.75) is 6.18 Å². The van der Waals surface area contributed by atoms with E-state index in [2.05, 4.69) is 20.7 Å². The highest BCUT2D eigenvalue weighted by atomic mass is 19.4. The molecule has 0 fully saturated rings. The lowest BCUT2D eigenvalue weighted by molar-refractivity contribution is -0.137. The van der Waals surface area contributed by atoms with E-state index in [1.165, 1.54) is 22.8 Å². The van der Waals surface area contributed by atoms with Gasteiger partial charge in [-0.1, -0.05) is 0 Å². The van der Waals surface area contributed by atoms with Crippen LogP contribution in [-0.4, -0.2) is 32.9 Å². The summed E-state index contributed by atoms with van der Waals surface area (Å²) in [4.78, 5) is 4.08. The fourth-order valence-corrected chi connectivity index (χ4v) is 2.50. The van der Waals surface area contributed by atoms with Gasteiger partial charge in [0.1, 0.15) is 6.07 Å². The second kappa shape index (κ2) is 7.42. The third-order valence-electron chi connectivity index (χ3n) is 3.67. The lowest BCUT2D eigenvalue weighted by atomic mass is 10.1. The number of halogens is 3. The molecule has 2 aromatic heterocycles. The predicted octanol–water partition coefficient (Wildman–Crippen LogP) is 2.64. The Morgan fingerprint density at radius 2 is 1.93 bits per heavy atom. The quantitative estimate of drug-likeness (QED) is 0.615. The van der Waals surface area contributed by atoms with Crippen LogP contribution >= 0.6 is 0 Å². The molecule has 0 aliphatic heterocycles. The number of fused-ring (bicyclic) bond motifs is 1. The molecule has 0 spiro atoms. The van der Waals surface area contributed by atoms with Crippen LogP contribution in [0.25, 0.3) is 5.65 Å². The van der Waals surface area contributed by atoms with E-state index >= 15 is 0 Å². The molecule has 3 aromatic rings. The summed E-state index contributed by atoms with van der Waals surface area (Å²) in [6.07, 6.45) is -3.32. The molecule has 0 saturated carbocycles. The number of nitriles is 2. The van der Waals surface area contributed by atoms with E-state index in [0.717, 1.165) is 12.1 Å². The van der Waals surface area contributed by atoms with E-state index < -0.39 is 11.7 Å². The average Bonchev–Trinajstić information content (AvgIpc) is 3.08. The molecule has 0 saturated heterocycles. The van der Waals surface area contributed by atoms with Crippen molar-refractivity contribution in [3.05, 3.63) is 47.3 Å². The Labute approximate surface area is 156 Å². The maximum absolute atomic E-state index is 13.1. The van der Waals surface area contributed by atoms with Gasteiger partial charge < -0.3 is 15.7 Å². The molecule has 2 heterocycles. The summed E-state index contributed by atoms with van der Waals surface area (Å²) in [5, 5.41) is 37.0. The number of nitrogens with one attached hydrogen (secondary N) is 2. The van der Waals surface area contributed by atoms with Crippen LogP contribution in [0.3, 0.4) is 0 Å². The van der Waals surface area contributed by atoms with Gasteiger partial charge in [0.15, 0.2) is 17.2 Å². The Bertz CT molecular complexity index is 1110. The summed E-state index contributed by atoms with van der Waals surface area (Å²) >= 11 is 0. The van der Waals surface area contributed by atoms with Crippen LogP contribution in [0.2, 0.25) is 0 Å². The lowest BCUT2D eigenvalue weighted by Crippen LogP contribution is -2.10. The van der Waals surface area contributed by atoms with Crippen LogP contribution in [0.15, 0.2) is 30.5 Å². The van der Waals surface area contributed by atoms with Gasteiger partial charge >= 0.3 is 6.18 Å². The molecule has 1 aromatic carbocycles. The van der Waals surface area contributed by atoms with Crippen LogP contribution in [-0.2, 0) is 6.18 Å². The van der Waals surface area contributed by atoms with Gasteiger partial charge in [-0.3, -0.25) is 0 Å². The zero-order valence-electron chi connectivity index (χ0n) is 14.1. The van der Waals surface area contributed by atoms with Crippen LogP contribution in [0.1, 0.15) is 16.8 Å². The van der Waals surface area contributed by atoms with Crippen molar-refractivity contribution in [2.75, 3.05) is 23.8 Å². The van der Waals surface area contributed by atoms with Crippen molar-refractivity contribution in [1.82, 2.24) is 14.6 Å². The maximum Gasteiger partial charge on any atom is 0.416 e. The van der Waals surface area contributed by atoms with Crippen LogP contribution in [0.5, 0.6) is 0 Å². The van der Waals surface area contributed by atoms with E-state index in [1.54, 1.807) is 6.07 Å². The highest BCUT2D eigenvalue weighted by Crippen LogP contribution is 2.33. The normalized spacial score (nSPS) is 11.1. The average molecular weight is 387 g/mol. The highest BCUT2D eigenvalue weighted by Gasteiger charge is 2.31. The largest absolute Gasteiger partial charge is 0.416 e. The van der Waals surface area contributed by atoms with E-state index in [1.807, 2.05) is 6.07 Å². The standard InChI is InChI=1S/C17H12F3N7O/c18-17(19,20)11-3-10(7-21)4-12(5-11)25-15-6-14(23-1-2-28)16-24-9-13(8-22)27(16)26-15/h3-6,9,23,28H,1-2H2,(H,25,26). The molecule has 0 bridgehead atoms. The molecule has 0 radical (unpaired) electrons. The molecule has 0 aliphatic carbocycles. The molecular weight excluding hydrogens is 375 g/mol. The molecule has 0 aliphatic rings. The summed E-state index contributed by atoms with van der Waals surface area (Å²) in [5.74, 6) is 0.116. The smallest absolute Gasteiger partial charge is 0.395 e. The number of benzene rings is 1. The molecule has 3 rings (SSSR count). The first-order chi connectivity index (χ1) is 13.4. The topological polar surface area (TPSA) is 122 Å². The molecular formula is C17H12F3N7O. The monoisotopic (exact) mass is 387 g/mol. The molecule has 11 heteroatoms. The van der Waals surface area contributed by atoms with Gasteiger partial charge in [0.25, 0.3) is 0 Å². The predicted molar refractivity (Wildman–Crippen MR) is 92.7 cm³/mol. The highest BCUT2D eigenvalue weighted by molar-refractivity contribution is 5.73. The minimum Gasteiger partial charge on any atom is -0.395 e. The Kier molecular flexibility index (Phi) is 5.02. The van der Waals surface area contributed by atoms with E-state index in [4.69, 9.17) is 10.4 Å². The van der Waals surface area contributed by atoms with Crippen LogP contribution < -0.4 is 10.6 Å². The number of hydrogen-bond acceptors (Lipinski definition) is 7. The maximum atomic E-state index is 13.1. The number of nitrogens with zero attached hydrogens (tertiary/aromatic N) is 5. The Hall–Kier alpha value is -3.83. The first kappa shape index (κ1) is 18.9. The molecule has 0 atom stereocenters. The third-order valence-corrected chi connectivity index (χ3v) is 3.67. The van der Waals surface area contributed by atoms with E-state index in [9.17, 15) is 18.4 Å². The number of hydrogen-bond donors (Lipinski definition) is 3. The molecule has 142 valence electrons. The van der Waals surface area contributed by atoms with Crippen molar-refractivity contribution in [1.29, 1.82) is 10.5 Å². The summed E-state index contributed by atoms with van der Waals surface area (Å²) in [6.45, 7) is 0.0260. The zero-order valence-corrected chi connectivity index (χ0v) is 14.1. The van der Waals surface area contributed by atoms with Gasteiger partial charge in [0, 0.05) is 18.3 Å². The number of imidazole rings is 1. The Balaban J connectivity index is 2.07. The van der Waals surface area contributed by atoms with Gasteiger partial charge in [0.05, 0.1) is 35.7 Å². The number of aliphatic hydroxyl groups is 1. The van der Waals surface area contributed by atoms with Crippen molar-refractivity contribution < 1.29 is 18.3 Å². The minimum atomic E-state index is -4.62. The van der Waals surface area contributed by atoms with Gasteiger partial charge in [-0.15, -0.1) is 5.10 Å². The summed E-state index contributed by atoms with van der Waals surface area (Å²) in [7, 11) is 0. The zero-order chi connectivity index (χ0) is 20.3. The number of alkyl halides is 3. The third kappa shape index (κ3) is 3.79.